The van der Waals surface area contributed by atoms with Crippen LogP contribution in [0.2, 0.25) is 0 Å². The topological polar surface area (TPSA) is 40.5 Å². The van der Waals surface area contributed by atoms with Crippen molar-refractivity contribution in [3.8, 4) is 0 Å². The van der Waals surface area contributed by atoms with E-state index in [2.05, 4.69) is 27.7 Å². The first kappa shape index (κ1) is 15.3. The quantitative estimate of drug-likeness (QED) is 0.477. The molecule has 0 heterocycles. The van der Waals surface area contributed by atoms with Crippen molar-refractivity contribution in [1.29, 1.82) is 0 Å². The van der Waals surface area contributed by atoms with Gasteiger partial charge < -0.3 is 10.2 Å². The summed E-state index contributed by atoms with van der Waals surface area (Å²) in [6.45, 7) is 10.4. The molecule has 0 aromatic carbocycles. The third-order valence-electron chi connectivity index (χ3n) is 4.02. The van der Waals surface area contributed by atoms with Gasteiger partial charge in [-0.2, -0.15) is 0 Å². The molecule has 0 saturated heterocycles. The Hall–Kier alpha value is -0.660. The number of hydrogen-bond acceptors (Lipinski definition) is 2. The zero-order chi connectivity index (χ0) is 12.8. The van der Waals surface area contributed by atoms with Gasteiger partial charge in [0.05, 0.1) is 0 Å². The van der Waals surface area contributed by atoms with Crippen LogP contribution in [0.4, 0.5) is 0 Å². The van der Waals surface area contributed by atoms with Crippen LogP contribution in [0.3, 0.4) is 0 Å². The van der Waals surface area contributed by atoms with Gasteiger partial charge in [0.1, 0.15) is 0 Å². The lowest BCUT2D eigenvalue weighted by Gasteiger charge is -2.32. The van der Waals surface area contributed by atoms with E-state index in [9.17, 15) is 0 Å². The Morgan fingerprint density at radius 2 is 1.69 bits per heavy atom. The summed E-state index contributed by atoms with van der Waals surface area (Å²) in [6.07, 6.45) is 6.22. The molecule has 0 radical (unpaired) electrons. The van der Waals surface area contributed by atoms with E-state index in [0.717, 1.165) is 6.42 Å². The van der Waals surface area contributed by atoms with Crippen molar-refractivity contribution >= 4 is 0 Å². The second-order valence-corrected chi connectivity index (χ2v) is 5.42. The molecule has 2 N–H and O–H groups in total. The standard InChI is InChI=1S/C14H28O2/c1-6-7-8-9-10-11(2)14(4,5)12(3)13(15)16/h11,15-16H,6-10H2,1-5H3. The van der Waals surface area contributed by atoms with Crippen LogP contribution < -0.4 is 0 Å². The zero-order valence-electron chi connectivity index (χ0n) is 11.5. The maximum Gasteiger partial charge on any atom is 0.273 e. The highest BCUT2D eigenvalue weighted by atomic mass is 16.5. The van der Waals surface area contributed by atoms with E-state index in [1.165, 1.54) is 25.7 Å². The molecule has 0 aliphatic rings. The molecule has 0 fully saturated rings. The molecule has 0 rings (SSSR count). The van der Waals surface area contributed by atoms with Crippen LogP contribution >= 0.6 is 0 Å². The summed E-state index contributed by atoms with van der Waals surface area (Å²) in [7, 11) is 0. The summed E-state index contributed by atoms with van der Waals surface area (Å²) in [5.74, 6) is -0.0379. The van der Waals surface area contributed by atoms with E-state index in [4.69, 9.17) is 10.2 Å². The fourth-order valence-electron chi connectivity index (χ4n) is 1.90. The summed E-state index contributed by atoms with van der Waals surface area (Å²) < 4.78 is 0. The highest BCUT2D eigenvalue weighted by molar-refractivity contribution is 5.10. The predicted molar refractivity (Wildman–Crippen MR) is 69.7 cm³/mol. The monoisotopic (exact) mass is 228 g/mol. The second-order valence-electron chi connectivity index (χ2n) is 5.42. The van der Waals surface area contributed by atoms with E-state index >= 15 is 0 Å². The Morgan fingerprint density at radius 3 is 2.12 bits per heavy atom. The average molecular weight is 228 g/mol. The van der Waals surface area contributed by atoms with Gasteiger partial charge in [0.15, 0.2) is 0 Å². The van der Waals surface area contributed by atoms with Gasteiger partial charge >= 0.3 is 0 Å². The summed E-state index contributed by atoms with van der Waals surface area (Å²) in [5, 5.41) is 18.3. The lowest BCUT2D eigenvalue weighted by molar-refractivity contribution is 0.158. The van der Waals surface area contributed by atoms with Crippen LogP contribution in [0.5, 0.6) is 0 Å². The first-order valence-electron chi connectivity index (χ1n) is 6.43. The predicted octanol–water partition coefficient (Wildman–Crippen LogP) is 4.97. The van der Waals surface area contributed by atoms with Gasteiger partial charge in [-0.05, 0) is 24.7 Å². The molecule has 96 valence electrons. The molecule has 2 heteroatoms. The maximum atomic E-state index is 9.15. The van der Waals surface area contributed by atoms with Crippen LogP contribution in [0.15, 0.2) is 11.5 Å². The minimum atomic E-state index is -0.509. The molecule has 0 bridgehead atoms. The van der Waals surface area contributed by atoms with Gasteiger partial charge in [0, 0.05) is 5.57 Å². The zero-order valence-corrected chi connectivity index (χ0v) is 11.5. The smallest absolute Gasteiger partial charge is 0.273 e. The van der Waals surface area contributed by atoms with Crippen molar-refractivity contribution < 1.29 is 10.2 Å². The number of aliphatic hydroxyl groups is 2. The first-order chi connectivity index (χ1) is 7.34. The Balaban J connectivity index is 4.25. The molecule has 0 amide bonds. The molecule has 0 spiro atoms. The normalized spacial score (nSPS) is 13.6. The van der Waals surface area contributed by atoms with Gasteiger partial charge in [0.2, 0.25) is 0 Å². The lowest BCUT2D eigenvalue weighted by atomic mass is 9.72. The number of hydrogen-bond donors (Lipinski definition) is 2. The molecule has 0 aliphatic carbocycles. The number of rotatable bonds is 7. The van der Waals surface area contributed by atoms with Crippen LogP contribution in [-0.2, 0) is 0 Å². The molecule has 0 aromatic heterocycles. The van der Waals surface area contributed by atoms with Crippen molar-refractivity contribution in [3.63, 3.8) is 0 Å². The first-order valence-corrected chi connectivity index (χ1v) is 6.43. The molecule has 1 atom stereocenters. The summed E-state index contributed by atoms with van der Waals surface area (Å²) in [6, 6.07) is 0. The Bertz CT molecular complexity index is 225. The van der Waals surface area contributed by atoms with Gasteiger partial charge in [-0.3, -0.25) is 0 Å². The summed E-state index contributed by atoms with van der Waals surface area (Å²) in [5.41, 5.74) is 0.556. The van der Waals surface area contributed by atoms with E-state index in [0.29, 0.717) is 11.5 Å². The average Bonchev–Trinajstić information content (AvgIpc) is 2.22. The number of allylic oxidation sites excluding steroid dienone is 1. The Labute approximate surface area is 100 Å². The van der Waals surface area contributed by atoms with Gasteiger partial charge in [-0.1, -0.05) is 53.4 Å². The molecular formula is C14H28O2. The van der Waals surface area contributed by atoms with Crippen LogP contribution in [0, 0.1) is 11.3 Å². The number of aliphatic hydroxyl groups excluding tert-OH is 1. The maximum absolute atomic E-state index is 9.15. The fourth-order valence-corrected chi connectivity index (χ4v) is 1.90. The molecule has 2 nitrogen and oxygen atoms in total. The molecular weight excluding hydrogens is 200 g/mol. The van der Waals surface area contributed by atoms with E-state index in [1.807, 2.05) is 0 Å². The van der Waals surface area contributed by atoms with Crippen LogP contribution in [0.25, 0.3) is 0 Å². The van der Waals surface area contributed by atoms with Crippen molar-refractivity contribution in [2.24, 2.45) is 11.3 Å². The lowest BCUT2D eigenvalue weighted by Crippen LogP contribution is -2.24. The van der Waals surface area contributed by atoms with E-state index in [1.54, 1.807) is 6.92 Å². The van der Waals surface area contributed by atoms with Crippen molar-refractivity contribution in [2.75, 3.05) is 0 Å². The minimum Gasteiger partial charge on any atom is -0.481 e. The van der Waals surface area contributed by atoms with Crippen molar-refractivity contribution in [3.05, 3.63) is 11.5 Å². The van der Waals surface area contributed by atoms with Crippen LogP contribution in [-0.4, -0.2) is 10.2 Å². The van der Waals surface area contributed by atoms with Gasteiger partial charge in [0.25, 0.3) is 5.95 Å². The molecule has 0 aromatic rings. The summed E-state index contributed by atoms with van der Waals surface area (Å²) in [4.78, 5) is 0. The fraction of sp³-hybridized carbons (Fsp3) is 0.857. The van der Waals surface area contributed by atoms with Crippen molar-refractivity contribution in [2.45, 2.75) is 66.7 Å². The highest BCUT2D eigenvalue weighted by Crippen LogP contribution is 2.38. The van der Waals surface area contributed by atoms with Crippen molar-refractivity contribution in [1.82, 2.24) is 0 Å². The number of unbranched alkanes of at least 4 members (excludes halogenated alkanes) is 3. The van der Waals surface area contributed by atoms with Crippen LogP contribution in [0.1, 0.15) is 66.7 Å². The molecule has 0 aliphatic heterocycles. The molecule has 16 heavy (non-hydrogen) atoms. The Kier molecular flexibility index (Phi) is 6.54. The van der Waals surface area contributed by atoms with E-state index < -0.39 is 5.95 Å². The SMILES string of the molecule is CCCCCCC(C)C(C)(C)C(C)=C(O)O. The summed E-state index contributed by atoms with van der Waals surface area (Å²) >= 11 is 0. The van der Waals surface area contributed by atoms with Gasteiger partial charge in [-0.15, -0.1) is 0 Å². The largest absolute Gasteiger partial charge is 0.481 e. The molecule has 1 unspecified atom stereocenters. The third kappa shape index (κ3) is 4.46. The third-order valence-corrected chi connectivity index (χ3v) is 4.02. The second kappa shape index (κ2) is 6.82. The highest BCUT2D eigenvalue weighted by Gasteiger charge is 2.29. The molecule has 0 saturated carbocycles. The Morgan fingerprint density at radius 1 is 1.12 bits per heavy atom. The minimum absolute atomic E-state index is 0.134. The van der Waals surface area contributed by atoms with Gasteiger partial charge in [-0.25, -0.2) is 0 Å². The van der Waals surface area contributed by atoms with E-state index in [-0.39, 0.29) is 5.41 Å².